The first kappa shape index (κ1) is 19.4. The summed E-state index contributed by atoms with van der Waals surface area (Å²) in [6.07, 6.45) is 0. The number of aryl methyl sites for hydroxylation is 1. The molecule has 1 fully saturated rings. The summed E-state index contributed by atoms with van der Waals surface area (Å²) in [7, 11) is 1.67. The van der Waals surface area contributed by atoms with Crippen molar-refractivity contribution < 1.29 is 13.7 Å². The maximum absolute atomic E-state index is 13.8. The molecule has 1 aromatic heterocycles. The molecule has 0 radical (unpaired) electrons. The van der Waals surface area contributed by atoms with Crippen molar-refractivity contribution in [3.05, 3.63) is 59.7 Å². The molecule has 0 N–H and O–H groups in total. The van der Waals surface area contributed by atoms with Gasteiger partial charge in [-0.05, 0) is 49.7 Å². The average molecular weight is 396 g/mol. The maximum atomic E-state index is 13.8. The summed E-state index contributed by atoms with van der Waals surface area (Å²) in [6, 6.07) is 13.1. The van der Waals surface area contributed by atoms with Crippen LogP contribution in [0.5, 0.6) is 5.75 Å². The lowest BCUT2D eigenvalue weighted by Gasteiger charge is -2.38. The summed E-state index contributed by atoms with van der Waals surface area (Å²) < 4.78 is 24.6. The number of piperazine rings is 1. The molecule has 0 saturated carbocycles. The number of methoxy groups -OCH3 is 1. The Labute approximate surface area is 169 Å². The van der Waals surface area contributed by atoms with Gasteiger partial charge in [0.2, 0.25) is 11.7 Å². The van der Waals surface area contributed by atoms with Crippen LogP contribution < -0.4 is 9.64 Å². The quantitative estimate of drug-likeness (QED) is 0.648. The van der Waals surface area contributed by atoms with E-state index in [0.717, 1.165) is 31.9 Å². The molecule has 1 unspecified atom stereocenters. The normalized spacial score (nSPS) is 16.1. The van der Waals surface area contributed by atoms with E-state index in [9.17, 15) is 4.39 Å². The first-order valence-corrected chi connectivity index (χ1v) is 9.78. The fourth-order valence-corrected chi connectivity index (χ4v) is 3.57. The van der Waals surface area contributed by atoms with E-state index in [4.69, 9.17) is 9.26 Å². The van der Waals surface area contributed by atoms with E-state index < -0.39 is 0 Å². The predicted molar refractivity (Wildman–Crippen MR) is 110 cm³/mol. The van der Waals surface area contributed by atoms with Gasteiger partial charge in [-0.1, -0.05) is 17.3 Å². The summed E-state index contributed by atoms with van der Waals surface area (Å²) in [4.78, 5) is 9.19. The third-order valence-corrected chi connectivity index (χ3v) is 5.53. The van der Waals surface area contributed by atoms with Gasteiger partial charge in [0.05, 0.1) is 13.2 Å². The van der Waals surface area contributed by atoms with Gasteiger partial charge < -0.3 is 14.2 Å². The van der Waals surface area contributed by atoms with Gasteiger partial charge in [-0.3, -0.25) is 4.90 Å². The molecule has 1 saturated heterocycles. The summed E-state index contributed by atoms with van der Waals surface area (Å²) >= 11 is 0. The standard InChI is InChI=1S/C22H25FN4O2/c1-15-4-5-17(14-20(15)23)21-24-22(29-25-21)16(2)26-10-12-27(13-11-26)18-6-8-19(28-3)9-7-18/h4-9,14,16H,10-13H2,1-3H3. The highest BCUT2D eigenvalue weighted by atomic mass is 19.1. The average Bonchev–Trinajstić information content (AvgIpc) is 3.25. The zero-order valence-corrected chi connectivity index (χ0v) is 16.9. The summed E-state index contributed by atoms with van der Waals surface area (Å²) in [6.45, 7) is 7.42. The van der Waals surface area contributed by atoms with Crippen molar-refractivity contribution in [1.82, 2.24) is 15.0 Å². The van der Waals surface area contributed by atoms with Gasteiger partial charge in [0, 0.05) is 37.4 Å². The molecular formula is C22H25FN4O2. The monoisotopic (exact) mass is 396 g/mol. The van der Waals surface area contributed by atoms with Crippen LogP contribution in [0.15, 0.2) is 47.0 Å². The Balaban J connectivity index is 1.40. The maximum Gasteiger partial charge on any atom is 0.244 e. The molecule has 1 aliphatic rings. The van der Waals surface area contributed by atoms with Gasteiger partial charge in [-0.15, -0.1) is 0 Å². The minimum absolute atomic E-state index is 0.00422. The third kappa shape index (κ3) is 4.10. The summed E-state index contributed by atoms with van der Waals surface area (Å²) in [5.41, 5.74) is 2.42. The van der Waals surface area contributed by atoms with Crippen LogP contribution in [0.25, 0.3) is 11.4 Å². The number of hydrogen-bond acceptors (Lipinski definition) is 6. The predicted octanol–water partition coefficient (Wildman–Crippen LogP) is 4.08. The molecule has 6 nitrogen and oxygen atoms in total. The van der Waals surface area contributed by atoms with Crippen LogP contribution in [-0.2, 0) is 0 Å². The van der Waals surface area contributed by atoms with Gasteiger partial charge in [0.1, 0.15) is 11.6 Å². The van der Waals surface area contributed by atoms with Crippen LogP contribution in [0, 0.1) is 12.7 Å². The number of halogens is 1. The SMILES string of the molecule is COc1ccc(N2CCN(C(C)c3nc(-c4ccc(C)c(F)c4)no3)CC2)cc1. The zero-order valence-electron chi connectivity index (χ0n) is 16.9. The van der Waals surface area contributed by atoms with Gasteiger partial charge >= 0.3 is 0 Å². The molecule has 1 atom stereocenters. The molecule has 7 heteroatoms. The highest BCUT2D eigenvalue weighted by Crippen LogP contribution is 2.26. The molecule has 0 amide bonds. The van der Waals surface area contributed by atoms with Crippen LogP contribution in [0.4, 0.5) is 10.1 Å². The van der Waals surface area contributed by atoms with E-state index in [1.54, 1.807) is 20.1 Å². The molecule has 0 spiro atoms. The minimum Gasteiger partial charge on any atom is -0.497 e. The fraction of sp³-hybridized carbons (Fsp3) is 0.364. The number of rotatable bonds is 5. The van der Waals surface area contributed by atoms with Crippen molar-refractivity contribution in [3.63, 3.8) is 0 Å². The van der Waals surface area contributed by atoms with Crippen molar-refractivity contribution >= 4 is 5.69 Å². The Morgan fingerprint density at radius 1 is 1.07 bits per heavy atom. The van der Waals surface area contributed by atoms with Crippen LogP contribution in [0.1, 0.15) is 24.4 Å². The lowest BCUT2D eigenvalue weighted by molar-refractivity contribution is 0.164. The van der Waals surface area contributed by atoms with E-state index in [1.165, 1.54) is 11.8 Å². The Bertz CT molecular complexity index is 965. The number of hydrogen-bond donors (Lipinski definition) is 0. The number of nitrogens with zero attached hydrogens (tertiary/aromatic N) is 4. The molecule has 0 aliphatic carbocycles. The Morgan fingerprint density at radius 3 is 2.45 bits per heavy atom. The first-order valence-electron chi connectivity index (χ1n) is 9.78. The van der Waals surface area contributed by atoms with Gasteiger partial charge in [-0.2, -0.15) is 4.98 Å². The highest BCUT2D eigenvalue weighted by Gasteiger charge is 2.26. The number of anilines is 1. The highest BCUT2D eigenvalue weighted by molar-refractivity contribution is 5.55. The Morgan fingerprint density at radius 2 is 1.79 bits per heavy atom. The van der Waals surface area contributed by atoms with Crippen molar-refractivity contribution in [3.8, 4) is 17.1 Å². The molecule has 2 heterocycles. The van der Waals surface area contributed by atoms with Gasteiger partial charge in [0.25, 0.3) is 0 Å². The second-order valence-corrected chi connectivity index (χ2v) is 7.32. The smallest absolute Gasteiger partial charge is 0.244 e. The van der Waals surface area contributed by atoms with Crippen LogP contribution in [0.2, 0.25) is 0 Å². The largest absolute Gasteiger partial charge is 0.497 e. The molecule has 0 bridgehead atoms. The zero-order chi connectivity index (χ0) is 20.4. The summed E-state index contributed by atoms with van der Waals surface area (Å²) in [5, 5.41) is 4.05. The first-order chi connectivity index (χ1) is 14.0. The van der Waals surface area contributed by atoms with Crippen molar-refractivity contribution in [2.75, 3.05) is 38.2 Å². The van der Waals surface area contributed by atoms with E-state index >= 15 is 0 Å². The summed E-state index contributed by atoms with van der Waals surface area (Å²) in [5.74, 6) is 1.57. The third-order valence-electron chi connectivity index (χ3n) is 5.53. The van der Waals surface area contributed by atoms with Crippen LogP contribution in [-0.4, -0.2) is 48.3 Å². The number of benzene rings is 2. The fourth-order valence-electron chi connectivity index (χ4n) is 3.57. The lowest BCUT2D eigenvalue weighted by atomic mass is 10.1. The van der Waals surface area contributed by atoms with Gasteiger partial charge in [-0.25, -0.2) is 4.39 Å². The van der Waals surface area contributed by atoms with Crippen molar-refractivity contribution in [2.45, 2.75) is 19.9 Å². The van der Waals surface area contributed by atoms with E-state index in [2.05, 4.69) is 39.0 Å². The molecule has 2 aromatic carbocycles. The number of ether oxygens (including phenoxy) is 1. The van der Waals surface area contributed by atoms with E-state index in [-0.39, 0.29) is 11.9 Å². The molecule has 4 rings (SSSR count). The van der Waals surface area contributed by atoms with Crippen molar-refractivity contribution in [1.29, 1.82) is 0 Å². The molecule has 3 aromatic rings. The minimum atomic E-state index is -0.267. The second kappa shape index (κ2) is 8.21. The topological polar surface area (TPSA) is 54.6 Å². The molecule has 29 heavy (non-hydrogen) atoms. The number of aromatic nitrogens is 2. The van der Waals surface area contributed by atoms with Crippen LogP contribution in [0.3, 0.4) is 0 Å². The molecule has 1 aliphatic heterocycles. The van der Waals surface area contributed by atoms with Crippen LogP contribution >= 0.6 is 0 Å². The van der Waals surface area contributed by atoms with E-state index in [0.29, 0.717) is 22.8 Å². The molecular weight excluding hydrogens is 371 g/mol. The van der Waals surface area contributed by atoms with Gasteiger partial charge in [0.15, 0.2) is 0 Å². The lowest BCUT2D eigenvalue weighted by Crippen LogP contribution is -2.47. The molecule has 152 valence electrons. The Hall–Kier alpha value is -2.93. The Kier molecular flexibility index (Phi) is 5.49. The second-order valence-electron chi connectivity index (χ2n) is 7.32. The van der Waals surface area contributed by atoms with Crippen molar-refractivity contribution in [2.24, 2.45) is 0 Å². The van der Waals surface area contributed by atoms with E-state index in [1.807, 2.05) is 18.2 Å².